The molecule has 4 fully saturated rings. The molecule has 2 atom stereocenters. The predicted molar refractivity (Wildman–Crippen MR) is 128 cm³/mol. The molecule has 2 unspecified atom stereocenters. The Balaban J connectivity index is 1.19. The molecule has 4 aliphatic rings. The lowest BCUT2D eigenvalue weighted by molar-refractivity contribution is -0.159. The number of nitrogens with zero attached hydrogens (tertiary/aromatic N) is 1. The van der Waals surface area contributed by atoms with Crippen LogP contribution in [0.2, 0.25) is 0 Å². The van der Waals surface area contributed by atoms with Crippen molar-refractivity contribution in [3.63, 3.8) is 0 Å². The minimum atomic E-state index is -0.600. The summed E-state index contributed by atoms with van der Waals surface area (Å²) in [5.74, 6) is 1.76. The Morgan fingerprint density at radius 2 is 1.66 bits per heavy atom. The second-order valence-corrected chi connectivity index (χ2v) is 11.6. The Kier molecular flexibility index (Phi) is 5.69. The highest BCUT2D eigenvalue weighted by Crippen LogP contribution is 2.46. The first-order chi connectivity index (χ1) is 15.3. The Labute approximate surface area is 191 Å². The van der Waals surface area contributed by atoms with E-state index >= 15 is 0 Å². The Morgan fingerprint density at radius 3 is 2.31 bits per heavy atom. The zero-order chi connectivity index (χ0) is 22.5. The number of rotatable bonds is 5. The number of benzene rings is 2. The van der Waals surface area contributed by atoms with Crippen LogP contribution in [0.15, 0.2) is 36.4 Å². The number of aliphatic carboxylic acids is 1. The van der Waals surface area contributed by atoms with E-state index in [4.69, 9.17) is 4.74 Å². The molecule has 2 aromatic carbocycles. The molecule has 0 radical (unpaired) electrons. The Hall–Kier alpha value is -2.07. The highest BCUT2D eigenvalue weighted by molar-refractivity contribution is 5.84. The van der Waals surface area contributed by atoms with Gasteiger partial charge in [-0.1, -0.05) is 39.0 Å². The number of fused-ring (bicyclic) bond motifs is 3. The molecular formula is C28H37NO3. The molecule has 2 heterocycles. The fourth-order valence-electron chi connectivity index (χ4n) is 6.46. The lowest BCUT2D eigenvalue weighted by Gasteiger charge is -2.51. The zero-order valence-electron chi connectivity index (χ0n) is 19.7. The van der Waals surface area contributed by atoms with E-state index in [9.17, 15) is 9.90 Å². The van der Waals surface area contributed by atoms with Crippen molar-refractivity contribution < 1.29 is 14.6 Å². The molecule has 1 N–H and O–H groups in total. The van der Waals surface area contributed by atoms with Crippen LogP contribution >= 0.6 is 0 Å². The van der Waals surface area contributed by atoms with Crippen molar-refractivity contribution in [2.45, 2.75) is 65.5 Å². The van der Waals surface area contributed by atoms with Crippen molar-refractivity contribution in [2.24, 2.45) is 29.1 Å². The SMILES string of the molecule is CC(C)(C)[C@H]1CC[C@H](Oc2ccc3cc(CN4CC5CC(C4)C5C(=O)O)ccc3c2)CC1. The summed E-state index contributed by atoms with van der Waals surface area (Å²) < 4.78 is 6.37. The summed E-state index contributed by atoms with van der Waals surface area (Å²) in [5, 5.41) is 11.8. The maximum Gasteiger partial charge on any atom is 0.307 e. The van der Waals surface area contributed by atoms with Gasteiger partial charge in [0, 0.05) is 19.6 Å². The number of carboxylic acids is 1. The highest BCUT2D eigenvalue weighted by atomic mass is 16.5. The molecular weight excluding hydrogens is 398 g/mol. The van der Waals surface area contributed by atoms with Gasteiger partial charge in [-0.15, -0.1) is 0 Å². The summed E-state index contributed by atoms with van der Waals surface area (Å²) in [6.07, 6.45) is 6.25. The first-order valence-corrected chi connectivity index (χ1v) is 12.4. The van der Waals surface area contributed by atoms with Crippen LogP contribution in [-0.2, 0) is 11.3 Å². The second kappa shape index (κ2) is 8.37. The van der Waals surface area contributed by atoms with Gasteiger partial charge in [-0.3, -0.25) is 9.69 Å². The van der Waals surface area contributed by atoms with Crippen molar-refractivity contribution >= 4 is 16.7 Å². The maximum absolute atomic E-state index is 11.4. The topological polar surface area (TPSA) is 49.8 Å². The summed E-state index contributed by atoms with van der Waals surface area (Å²) in [6, 6.07) is 13.2. The smallest absolute Gasteiger partial charge is 0.307 e. The van der Waals surface area contributed by atoms with Crippen molar-refractivity contribution in [3.8, 4) is 5.75 Å². The number of hydrogen-bond acceptors (Lipinski definition) is 3. The molecule has 2 saturated heterocycles. The van der Waals surface area contributed by atoms with Crippen molar-refractivity contribution in [2.75, 3.05) is 13.1 Å². The second-order valence-electron chi connectivity index (χ2n) is 11.6. The van der Waals surface area contributed by atoms with Gasteiger partial charge in [0.1, 0.15) is 5.75 Å². The van der Waals surface area contributed by atoms with Crippen molar-refractivity contribution in [3.05, 3.63) is 42.0 Å². The molecule has 172 valence electrons. The van der Waals surface area contributed by atoms with Gasteiger partial charge in [-0.05, 0) is 89.8 Å². The Bertz CT molecular complexity index is 974. The van der Waals surface area contributed by atoms with Gasteiger partial charge in [0.2, 0.25) is 0 Å². The molecule has 6 rings (SSSR count). The van der Waals surface area contributed by atoms with E-state index in [1.54, 1.807) is 0 Å². The fraction of sp³-hybridized carbons (Fsp3) is 0.607. The van der Waals surface area contributed by atoms with E-state index in [0.29, 0.717) is 23.4 Å². The van der Waals surface area contributed by atoms with E-state index in [0.717, 1.165) is 50.6 Å². The third-order valence-electron chi connectivity index (χ3n) is 8.38. The third-order valence-corrected chi connectivity index (χ3v) is 8.38. The summed E-state index contributed by atoms with van der Waals surface area (Å²) in [5.41, 5.74) is 1.71. The predicted octanol–water partition coefficient (Wildman–Crippen LogP) is 5.98. The van der Waals surface area contributed by atoms with E-state index in [1.807, 2.05) is 0 Å². The quantitative estimate of drug-likeness (QED) is 0.628. The van der Waals surface area contributed by atoms with Crippen LogP contribution in [0.4, 0.5) is 0 Å². The standard InChI is InChI=1S/C28H37NO3/c1-28(2,3)23-7-10-24(11-8-23)32-25-9-6-19-12-18(4-5-20(19)14-25)15-29-16-21-13-22(17-29)26(21)27(30)31/h4-6,9,12,14,21-24,26H,7-8,10-11,13,15-17H2,1-3H3,(H,30,31)/t21?,22?,23-,24-,26?. The summed E-state index contributed by atoms with van der Waals surface area (Å²) in [6.45, 7) is 9.81. The number of ether oxygens (including phenoxy) is 1. The Morgan fingerprint density at radius 1 is 1.00 bits per heavy atom. The van der Waals surface area contributed by atoms with Gasteiger partial charge < -0.3 is 9.84 Å². The molecule has 2 aliphatic carbocycles. The van der Waals surface area contributed by atoms with Crippen LogP contribution < -0.4 is 4.74 Å². The first kappa shape index (κ1) is 21.8. The largest absolute Gasteiger partial charge is 0.490 e. The average Bonchev–Trinajstić information content (AvgIpc) is 2.73. The van der Waals surface area contributed by atoms with Gasteiger partial charge in [-0.2, -0.15) is 0 Å². The number of piperidine rings is 2. The lowest BCUT2D eigenvalue weighted by Crippen LogP contribution is -2.57. The van der Waals surface area contributed by atoms with E-state index in [1.165, 1.54) is 29.2 Å². The summed E-state index contributed by atoms with van der Waals surface area (Å²) >= 11 is 0. The van der Waals surface area contributed by atoms with Gasteiger partial charge in [0.15, 0.2) is 0 Å². The average molecular weight is 436 g/mol. The molecule has 2 aromatic rings. The molecule has 0 spiro atoms. The first-order valence-electron chi connectivity index (χ1n) is 12.4. The monoisotopic (exact) mass is 435 g/mol. The van der Waals surface area contributed by atoms with Gasteiger partial charge >= 0.3 is 5.97 Å². The summed E-state index contributed by atoms with van der Waals surface area (Å²) in [7, 11) is 0. The minimum absolute atomic E-state index is 0.107. The summed E-state index contributed by atoms with van der Waals surface area (Å²) in [4.78, 5) is 13.8. The molecule has 32 heavy (non-hydrogen) atoms. The van der Waals surface area contributed by atoms with Gasteiger partial charge in [0.25, 0.3) is 0 Å². The van der Waals surface area contributed by atoms with Gasteiger partial charge in [0.05, 0.1) is 12.0 Å². The van der Waals surface area contributed by atoms with E-state index < -0.39 is 5.97 Å². The molecule has 4 nitrogen and oxygen atoms in total. The van der Waals surface area contributed by atoms with E-state index in [-0.39, 0.29) is 5.92 Å². The number of hydrogen-bond donors (Lipinski definition) is 1. The third kappa shape index (κ3) is 4.39. The van der Waals surface area contributed by atoms with Crippen LogP contribution in [0.25, 0.3) is 10.8 Å². The number of carboxylic acid groups (broad SMARTS) is 1. The van der Waals surface area contributed by atoms with Crippen LogP contribution in [0, 0.1) is 29.1 Å². The van der Waals surface area contributed by atoms with Crippen molar-refractivity contribution in [1.82, 2.24) is 4.90 Å². The highest BCUT2D eigenvalue weighted by Gasteiger charge is 2.50. The zero-order valence-corrected chi connectivity index (χ0v) is 19.7. The van der Waals surface area contributed by atoms with Crippen LogP contribution in [0.3, 0.4) is 0 Å². The van der Waals surface area contributed by atoms with Crippen molar-refractivity contribution in [1.29, 1.82) is 0 Å². The van der Waals surface area contributed by atoms with Crippen LogP contribution in [0.1, 0.15) is 58.4 Å². The molecule has 2 bridgehead atoms. The lowest BCUT2D eigenvalue weighted by atomic mass is 9.61. The molecule has 2 saturated carbocycles. The normalized spacial score (nSPS) is 30.7. The van der Waals surface area contributed by atoms with Gasteiger partial charge in [-0.25, -0.2) is 0 Å². The van der Waals surface area contributed by atoms with E-state index in [2.05, 4.69) is 62.1 Å². The maximum atomic E-state index is 11.4. The molecule has 0 amide bonds. The van der Waals surface area contributed by atoms with Crippen LogP contribution in [0.5, 0.6) is 5.75 Å². The minimum Gasteiger partial charge on any atom is -0.490 e. The number of carbonyl (C=O) groups is 1. The molecule has 4 heteroatoms. The molecule has 2 aliphatic heterocycles. The molecule has 0 aromatic heterocycles. The fourth-order valence-corrected chi connectivity index (χ4v) is 6.46. The van der Waals surface area contributed by atoms with Crippen LogP contribution in [-0.4, -0.2) is 35.2 Å².